The van der Waals surface area contributed by atoms with Gasteiger partial charge in [0.2, 0.25) is 17.7 Å². The molecule has 0 saturated carbocycles. The van der Waals surface area contributed by atoms with Gasteiger partial charge >= 0.3 is 6.03 Å². The minimum Gasteiger partial charge on any atom is -0.379 e. The lowest BCUT2D eigenvalue weighted by Crippen LogP contribution is -2.45. The van der Waals surface area contributed by atoms with E-state index in [1.165, 1.54) is 4.90 Å². The van der Waals surface area contributed by atoms with E-state index in [0.29, 0.717) is 48.7 Å². The summed E-state index contributed by atoms with van der Waals surface area (Å²) in [5, 5.41) is 11.3. The van der Waals surface area contributed by atoms with Crippen molar-refractivity contribution < 1.29 is 57.1 Å². The van der Waals surface area contributed by atoms with Crippen LogP contribution in [0.25, 0.3) is 6.08 Å². The van der Waals surface area contributed by atoms with Gasteiger partial charge in [-0.25, -0.2) is 9.36 Å². The van der Waals surface area contributed by atoms with Gasteiger partial charge in [0.25, 0.3) is 17.7 Å². The summed E-state index contributed by atoms with van der Waals surface area (Å²) >= 11 is 0. The summed E-state index contributed by atoms with van der Waals surface area (Å²) in [7, 11) is 0. The fourth-order valence-corrected chi connectivity index (χ4v) is 9.22. The summed E-state index contributed by atoms with van der Waals surface area (Å²) in [5.74, 6) is -1.96. The molecule has 3 heterocycles. The van der Waals surface area contributed by atoms with Crippen LogP contribution in [-0.4, -0.2) is 135 Å². The predicted molar refractivity (Wildman–Crippen MR) is 290 cm³/mol. The number of Topliss-reactive ketones (excluding diaryl/α,β-unsaturated/α-hetero) is 1. The molecule has 8 amide bonds. The number of rotatable bonds is 33. The number of nitrogens with zero attached hydrogens (tertiary/aromatic N) is 3. The van der Waals surface area contributed by atoms with Crippen LogP contribution in [-0.2, 0) is 49.5 Å². The van der Waals surface area contributed by atoms with Crippen molar-refractivity contribution in [3.8, 4) is 0 Å². The Balaban J connectivity index is 0.0000109. The number of benzene rings is 2. The Hall–Kier alpha value is -7.09. The molecule has 1 aliphatic carbocycles. The van der Waals surface area contributed by atoms with Gasteiger partial charge in [0.1, 0.15) is 0 Å². The molecule has 77 heavy (non-hydrogen) atoms. The van der Waals surface area contributed by atoms with E-state index in [-0.39, 0.29) is 127 Å². The van der Waals surface area contributed by atoms with Crippen molar-refractivity contribution in [2.24, 2.45) is 23.5 Å². The third-order valence-corrected chi connectivity index (χ3v) is 13.6. The van der Waals surface area contributed by atoms with E-state index in [1.807, 2.05) is 90.3 Å². The van der Waals surface area contributed by atoms with Crippen molar-refractivity contribution in [1.82, 2.24) is 25.8 Å². The summed E-state index contributed by atoms with van der Waals surface area (Å²) in [4.78, 5) is 104. The SMILES string of the molecule is CC(C)[C@H](NC(=O)CCOCCOCCOCCN1C(=O)C2=C(C2)C1=O)C(=O)C[C@@H](CCCNC(N)=O)C(=O)Nc1ccc(C[n+]2cccc(/C=C/C(=O)NCCCCC3CCN(C(=O)c4ccccc4)CC3)c2)cc1.[CH3-]. The summed E-state index contributed by atoms with van der Waals surface area (Å²) in [5.41, 5.74) is 9.57. The lowest BCUT2D eigenvalue weighted by atomic mass is 9.89. The van der Waals surface area contributed by atoms with Gasteiger partial charge in [-0.1, -0.05) is 57.0 Å². The van der Waals surface area contributed by atoms with Crippen LogP contribution in [0.15, 0.2) is 96.3 Å². The lowest BCUT2D eigenvalue weighted by Gasteiger charge is -2.32. The maximum Gasteiger partial charge on any atom is 0.312 e. The van der Waals surface area contributed by atoms with E-state index in [1.54, 1.807) is 24.3 Å². The van der Waals surface area contributed by atoms with Gasteiger partial charge in [-0.15, -0.1) is 0 Å². The molecule has 1 fully saturated rings. The summed E-state index contributed by atoms with van der Waals surface area (Å²) in [6.45, 7) is 8.15. The Morgan fingerprint density at radius 3 is 2.13 bits per heavy atom. The number of amides is 8. The van der Waals surface area contributed by atoms with Crippen LogP contribution in [0, 0.1) is 25.2 Å². The molecule has 2 aromatic carbocycles. The number of aromatic nitrogens is 1. The quantitative estimate of drug-likeness (QED) is 0.0180. The van der Waals surface area contributed by atoms with Crippen LogP contribution >= 0.6 is 0 Å². The fraction of sp³-hybridized carbons (Fsp3) is 0.483. The first-order valence-electron chi connectivity index (χ1n) is 26.6. The number of likely N-dealkylation sites (tertiary alicyclic amines) is 2. The number of piperidine rings is 2. The number of primary amides is 1. The van der Waals surface area contributed by atoms with Gasteiger partial charge in [0, 0.05) is 97.0 Å². The molecule has 6 N–H and O–H groups in total. The number of nitrogens with two attached hydrogens (primary N) is 1. The van der Waals surface area contributed by atoms with E-state index in [9.17, 15) is 38.4 Å². The zero-order valence-corrected chi connectivity index (χ0v) is 44.9. The van der Waals surface area contributed by atoms with Crippen LogP contribution < -0.4 is 31.6 Å². The van der Waals surface area contributed by atoms with E-state index in [2.05, 4.69) is 21.3 Å². The van der Waals surface area contributed by atoms with Gasteiger partial charge in [-0.3, -0.25) is 38.5 Å². The molecule has 2 aliphatic heterocycles. The van der Waals surface area contributed by atoms with Crippen LogP contribution in [0.4, 0.5) is 10.5 Å². The first-order valence-corrected chi connectivity index (χ1v) is 26.6. The average Bonchev–Trinajstić information content (AvgIpc) is 4.20. The van der Waals surface area contributed by atoms with E-state index >= 15 is 0 Å². The van der Waals surface area contributed by atoms with Crippen molar-refractivity contribution >= 4 is 59.0 Å². The number of pyridine rings is 1. The number of anilines is 1. The number of urea groups is 1. The van der Waals surface area contributed by atoms with Crippen molar-refractivity contribution in [3.05, 3.63) is 120 Å². The maximum absolute atomic E-state index is 13.7. The normalized spacial score (nSPS) is 15.0. The molecule has 3 aliphatic rings. The molecule has 0 bridgehead atoms. The number of carbonyl (C=O) groups excluding carboxylic acids is 8. The Morgan fingerprint density at radius 1 is 0.792 bits per heavy atom. The van der Waals surface area contributed by atoms with E-state index in [4.69, 9.17) is 19.9 Å². The number of carbonyl (C=O) groups is 8. The third kappa shape index (κ3) is 20.4. The van der Waals surface area contributed by atoms with Gasteiger partial charge in [-0.05, 0) is 80.3 Å². The minimum atomic E-state index is -0.843. The van der Waals surface area contributed by atoms with Gasteiger partial charge in [0.15, 0.2) is 24.7 Å². The highest BCUT2D eigenvalue weighted by molar-refractivity contribution is 6.25. The molecule has 416 valence electrons. The number of imide groups is 1. The smallest absolute Gasteiger partial charge is 0.312 e. The van der Waals surface area contributed by atoms with Crippen LogP contribution in [0.3, 0.4) is 0 Å². The molecule has 6 rings (SSSR count). The van der Waals surface area contributed by atoms with Crippen molar-refractivity contribution in [2.45, 2.75) is 90.6 Å². The molecular weight excluding hydrogens is 985 g/mol. The Bertz CT molecular complexity index is 2500. The molecular formula is C58H78N8O11. The van der Waals surface area contributed by atoms with Crippen molar-refractivity contribution in [3.63, 3.8) is 0 Å². The second-order valence-electron chi connectivity index (χ2n) is 19.8. The second kappa shape index (κ2) is 31.8. The molecule has 2 atom stereocenters. The topological polar surface area (TPSA) is 249 Å². The molecule has 0 unspecified atom stereocenters. The van der Waals surface area contributed by atoms with Gasteiger partial charge in [-0.2, -0.15) is 0 Å². The Morgan fingerprint density at radius 2 is 1.45 bits per heavy atom. The highest BCUT2D eigenvalue weighted by Crippen LogP contribution is 2.39. The number of ketones is 1. The van der Waals surface area contributed by atoms with Crippen molar-refractivity contribution in [2.75, 3.05) is 77.7 Å². The molecule has 0 spiro atoms. The number of ether oxygens (including phenoxy) is 3. The zero-order valence-electron chi connectivity index (χ0n) is 44.9. The second-order valence-corrected chi connectivity index (χ2v) is 19.8. The van der Waals surface area contributed by atoms with Crippen LogP contribution in [0.5, 0.6) is 0 Å². The number of unbranched alkanes of at least 4 members (excludes halogenated alkanes) is 1. The minimum absolute atomic E-state index is 0. The first kappa shape index (κ1) is 60.8. The average molecular weight is 1060 g/mol. The van der Waals surface area contributed by atoms with E-state index in [0.717, 1.165) is 61.9 Å². The molecule has 1 saturated heterocycles. The monoisotopic (exact) mass is 1060 g/mol. The zero-order chi connectivity index (χ0) is 54.2. The maximum atomic E-state index is 13.7. The summed E-state index contributed by atoms with van der Waals surface area (Å²) in [6, 6.07) is 19.1. The Kier molecular flexibility index (Phi) is 25.1. The molecule has 19 heteroatoms. The van der Waals surface area contributed by atoms with Gasteiger partial charge < -0.3 is 53.5 Å². The highest BCUT2D eigenvalue weighted by Gasteiger charge is 2.46. The van der Waals surface area contributed by atoms with Crippen molar-refractivity contribution in [1.29, 1.82) is 0 Å². The lowest BCUT2D eigenvalue weighted by molar-refractivity contribution is -0.688. The number of hydrogen-bond acceptors (Lipinski definition) is 11. The third-order valence-electron chi connectivity index (χ3n) is 13.6. The molecule has 0 radical (unpaired) electrons. The van der Waals surface area contributed by atoms with E-state index < -0.39 is 18.0 Å². The first-order chi connectivity index (χ1) is 36.7. The van der Waals surface area contributed by atoms with Gasteiger partial charge in [0.05, 0.1) is 52.2 Å². The number of hydrogen-bond donors (Lipinski definition) is 5. The summed E-state index contributed by atoms with van der Waals surface area (Å²) in [6.07, 6.45) is 13.3. The standard InChI is InChI=1S/C57H74N8O11.CH3/c1-40(2)52(62-51(68)23-30-74-32-34-76-35-33-75-31-29-65-55(71)47-37-48(47)56(65)72)49(66)36-45(14-8-25-60-57(58)73)53(69)61-46-18-15-43(16-19-46)39-63-26-9-11-42(38-63)17-20-50(67)59-24-7-6-10-41-21-27-64(28-22-41)54(70)44-12-4-3-5-13-44;/h3-5,9,11-13,15-20,26,38,40-41,45,52H,6-8,10,14,21-25,27-37,39H2,1-2H3,(H5-,58,59,60,61,62,67,68,69,73);1H3/q;-1/p+1/b20-17+;/t45-,52+;/m1./s1. The highest BCUT2D eigenvalue weighted by atomic mass is 16.5. The van der Waals surface area contributed by atoms with Crippen LogP contribution in [0.2, 0.25) is 0 Å². The number of nitrogens with one attached hydrogen (secondary N) is 4. The largest absolute Gasteiger partial charge is 0.379 e. The molecule has 3 aromatic rings. The van der Waals surface area contributed by atoms with Crippen LogP contribution in [0.1, 0.15) is 99.5 Å². The predicted octanol–water partition coefficient (Wildman–Crippen LogP) is 4.94. The fourth-order valence-electron chi connectivity index (χ4n) is 9.22. The molecule has 1 aromatic heterocycles. The molecule has 19 nitrogen and oxygen atoms in total. The Labute approximate surface area is 452 Å². The summed E-state index contributed by atoms with van der Waals surface area (Å²) < 4.78 is 18.5.